The first-order valence-electron chi connectivity index (χ1n) is 8.94. The first kappa shape index (κ1) is 19.0. The largest absolute Gasteiger partial charge is 0.399 e. The lowest BCUT2D eigenvalue weighted by Gasteiger charge is -2.45. The molecule has 2 atom stereocenters. The summed E-state index contributed by atoms with van der Waals surface area (Å²) >= 11 is 6.46. The Morgan fingerprint density at radius 2 is 1.96 bits per heavy atom. The van der Waals surface area contributed by atoms with Gasteiger partial charge in [0, 0.05) is 29.9 Å². The number of nitriles is 3. The van der Waals surface area contributed by atoms with Crippen molar-refractivity contribution in [2.24, 2.45) is 17.1 Å². The first-order chi connectivity index (χ1) is 13.0. The lowest BCUT2D eigenvalue weighted by molar-refractivity contribution is 0.225. The summed E-state index contributed by atoms with van der Waals surface area (Å²) in [6.45, 7) is 4.33. The molecule has 1 heterocycles. The third-order valence-corrected chi connectivity index (χ3v) is 5.84. The molecule has 0 spiro atoms. The van der Waals surface area contributed by atoms with Gasteiger partial charge in [-0.05, 0) is 30.2 Å². The van der Waals surface area contributed by atoms with E-state index in [1.54, 1.807) is 6.07 Å². The van der Waals surface area contributed by atoms with E-state index in [2.05, 4.69) is 30.0 Å². The van der Waals surface area contributed by atoms with E-state index in [0.29, 0.717) is 23.7 Å². The van der Waals surface area contributed by atoms with Crippen molar-refractivity contribution in [2.45, 2.75) is 19.3 Å². The summed E-state index contributed by atoms with van der Waals surface area (Å²) in [5.41, 5.74) is 6.49. The maximum atomic E-state index is 9.88. The summed E-state index contributed by atoms with van der Waals surface area (Å²) < 4.78 is 0. The van der Waals surface area contributed by atoms with Gasteiger partial charge in [0.05, 0.1) is 29.5 Å². The number of hydrogen-bond donors (Lipinski definition) is 1. The molecule has 0 unspecified atom stereocenters. The van der Waals surface area contributed by atoms with Crippen LogP contribution in [0.2, 0.25) is 5.02 Å². The van der Waals surface area contributed by atoms with Gasteiger partial charge in [0.1, 0.15) is 0 Å². The predicted molar refractivity (Wildman–Crippen MR) is 103 cm³/mol. The molecule has 1 aromatic rings. The standard InChI is InChI=1S/C21H20ClN5/c1-2-8-27-9-7-17-16(11-27)19(14-5-3-4-6-18(14)22)15(10-23)20(26)21(17,12-24)13-25/h3-7,16,19H,2,8-9,11,26H2,1H3/t16-,19-/m0/s1. The van der Waals surface area contributed by atoms with Crippen LogP contribution in [-0.4, -0.2) is 24.5 Å². The fourth-order valence-electron chi connectivity index (χ4n) is 4.27. The third kappa shape index (κ3) is 2.88. The lowest BCUT2D eigenvalue weighted by atomic mass is 9.60. The predicted octanol–water partition coefficient (Wildman–Crippen LogP) is 3.48. The van der Waals surface area contributed by atoms with E-state index in [4.69, 9.17) is 17.3 Å². The minimum Gasteiger partial charge on any atom is -0.399 e. The molecule has 6 heteroatoms. The maximum absolute atomic E-state index is 9.88. The quantitative estimate of drug-likeness (QED) is 0.812. The molecule has 0 radical (unpaired) electrons. The average Bonchev–Trinajstić information content (AvgIpc) is 2.69. The molecule has 5 nitrogen and oxygen atoms in total. The van der Waals surface area contributed by atoms with Crippen molar-refractivity contribution in [1.82, 2.24) is 4.90 Å². The second-order valence-corrected chi connectivity index (χ2v) is 7.34. The summed E-state index contributed by atoms with van der Waals surface area (Å²) in [4.78, 5) is 2.27. The molecule has 0 fully saturated rings. The molecule has 0 saturated carbocycles. The highest BCUT2D eigenvalue weighted by Gasteiger charge is 2.52. The van der Waals surface area contributed by atoms with Gasteiger partial charge < -0.3 is 5.73 Å². The Kier molecular flexibility index (Phi) is 5.24. The van der Waals surface area contributed by atoms with E-state index in [0.717, 1.165) is 18.5 Å². The molecule has 136 valence electrons. The zero-order chi connectivity index (χ0) is 19.6. The molecule has 3 rings (SSSR count). The SMILES string of the molecule is CCCN1CC=C2[C@H](C1)[C@@H](c1ccccc1Cl)C(C#N)=C(N)C2(C#N)C#N. The molecular formula is C21H20ClN5. The number of nitrogens with zero attached hydrogens (tertiary/aromatic N) is 4. The van der Waals surface area contributed by atoms with Crippen molar-refractivity contribution in [3.8, 4) is 18.2 Å². The molecule has 1 aliphatic carbocycles. The molecule has 0 saturated heterocycles. The number of rotatable bonds is 3. The summed E-state index contributed by atoms with van der Waals surface area (Å²) in [5.74, 6) is -0.573. The Labute approximate surface area is 164 Å². The van der Waals surface area contributed by atoms with E-state index in [9.17, 15) is 15.8 Å². The summed E-state index contributed by atoms with van der Waals surface area (Å²) in [6, 6.07) is 13.8. The third-order valence-electron chi connectivity index (χ3n) is 5.50. The Morgan fingerprint density at radius 1 is 1.26 bits per heavy atom. The molecule has 2 N–H and O–H groups in total. The number of nitrogens with two attached hydrogens (primary N) is 1. The van der Waals surface area contributed by atoms with Gasteiger partial charge in [0.15, 0.2) is 0 Å². The second-order valence-electron chi connectivity index (χ2n) is 6.94. The van der Waals surface area contributed by atoms with Crippen LogP contribution in [0.1, 0.15) is 24.8 Å². The molecule has 1 aromatic carbocycles. The van der Waals surface area contributed by atoms with Gasteiger partial charge >= 0.3 is 0 Å². The molecule has 27 heavy (non-hydrogen) atoms. The smallest absolute Gasteiger partial charge is 0.204 e. The van der Waals surface area contributed by atoms with Crippen LogP contribution < -0.4 is 5.73 Å². The number of fused-ring (bicyclic) bond motifs is 1. The number of allylic oxidation sites excluding steroid dienone is 2. The van der Waals surface area contributed by atoms with Crippen LogP contribution in [-0.2, 0) is 0 Å². The number of hydrogen-bond acceptors (Lipinski definition) is 5. The minimum atomic E-state index is -1.59. The van der Waals surface area contributed by atoms with Gasteiger partial charge in [-0.25, -0.2) is 0 Å². The normalized spacial score (nSPS) is 24.2. The van der Waals surface area contributed by atoms with Crippen LogP contribution in [0.3, 0.4) is 0 Å². The first-order valence-corrected chi connectivity index (χ1v) is 9.31. The number of benzene rings is 1. The van der Waals surface area contributed by atoms with Crippen molar-refractivity contribution in [3.63, 3.8) is 0 Å². The van der Waals surface area contributed by atoms with E-state index in [1.807, 2.05) is 24.3 Å². The molecule has 2 aliphatic rings. The van der Waals surface area contributed by atoms with Crippen LogP contribution >= 0.6 is 11.6 Å². The van der Waals surface area contributed by atoms with Crippen LogP contribution in [0.5, 0.6) is 0 Å². The van der Waals surface area contributed by atoms with E-state index < -0.39 is 5.41 Å². The fraction of sp³-hybridized carbons (Fsp3) is 0.381. The Morgan fingerprint density at radius 3 is 2.56 bits per heavy atom. The second kappa shape index (κ2) is 7.45. The average molecular weight is 378 g/mol. The van der Waals surface area contributed by atoms with Crippen molar-refractivity contribution < 1.29 is 0 Å². The van der Waals surface area contributed by atoms with Gasteiger partial charge in [-0.1, -0.05) is 42.8 Å². The molecule has 0 amide bonds. The minimum absolute atomic E-state index is 0.0337. The highest BCUT2D eigenvalue weighted by molar-refractivity contribution is 6.31. The summed E-state index contributed by atoms with van der Waals surface area (Å²) in [5, 5.41) is 30.2. The molecule has 0 bridgehead atoms. The molecule has 1 aliphatic heterocycles. The fourth-order valence-corrected chi connectivity index (χ4v) is 4.53. The van der Waals surface area contributed by atoms with Gasteiger partial charge in [-0.3, -0.25) is 4.90 Å². The summed E-state index contributed by atoms with van der Waals surface area (Å²) in [7, 11) is 0. The Balaban J connectivity index is 2.28. The topological polar surface area (TPSA) is 101 Å². The monoisotopic (exact) mass is 377 g/mol. The van der Waals surface area contributed by atoms with Crippen LogP contribution in [0.4, 0.5) is 0 Å². The van der Waals surface area contributed by atoms with Crippen LogP contribution in [0.15, 0.2) is 47.2 Å². The van der Waals surface area contributed by atoms with Gasteiger partial charge in [0.25, 0.3) is 0 Å². The van der Waals surface area contributed by atoms with Crippen molar-refractivity contribution >= 4 is 11.6 Å². The maximum Gasteiger partial charge on any atom is 0.204 e. The van der Waals surface area contributed by atoms with Gasteiger partial charge in [-0.2, -0.15) is 15.8 Å². The zero-order valence-electron chi connectivity index (χ0n) is 15.1. The van der Waals surface area contributed by atoms with Crippen molar-refractivity contribution in [1.29, 1.82) is 15.8 Å². The van der Waals surface area contributed by atoms with Gasteiger partial charge in [-0.15, -0.1) is 0 Å². The Hall–Kier alpha value is -2.78. The van der Waals surface area contributed by atoms with Gasteiger partial charge in [0.2, 0.25) is 5.41 Å². The zero-order valence-corrected chi connectivity index (χ0v) is 15.9. The van der Waals surface area contributed by atoms with Crippen molar-refractivity contribution in [3.05, 3.63) is 57.8 Å². The highest BCUT2D eigenvalue weighted by atomic mass is 35.5. The van der Waals surface area contributed by atoms with Crippen LogP contribution in [0.25, 0.3) is 0 Å². The van der Waals surface area contributed by atoms with E-state index in [1.165, 1.54) is 0 Å². The van der Waals surface area contributed by atoms with E-state index >= 15 is 0 Å². The molecular weight excluding hydrogens is 358 g/mol. The summed E-state index contributed by atoms with van der Waals surface area (Å²) in [6.07, 6.45) is 2.94. The highest BCUT2D eigenvalue weighted by Crippen LogP contribution is 2.53. The van der Waals surface area contributed by atoms with Crippen LogP contribution in [0, 0.1) is 45.3 Å². The Bertz CT molecular complexity index is 927. The van der Waals surface area contributed by atoms with E-state index in [-0.39, 0.29) is 23.1 Å². The van der Waals surface area contributed by atoms with Crippen molar-refractivity contribution in [2.75, 3.05) is 19.6 Å². The number of halogens is 1. The lowest BCUT2D eigenvalue weighted by Crippen LogP contribution is -2.47. The molecule has 0 aromatic heterocycles.